The van der Waals surface area contributed by atoms with Gasteiger partial charge in [-0.1, -0.05) is 18.2 Å². The minimum Gasteiger partial charge on any atom is -0.496 e. The standard InChI is InChI=1S/C16H24N2O3/c1-12(13-7-5-6-8-14(13)20-4)18(3)15(19)9-21-16(2)10-17-11-16/h5-8,12,17H,9-11H2,1-4H3. The number of likely N-dealkylation sites (N-methyl/N-ethyl adjacent to an activating group) is 1. The molecule has 5 nitrogen and oxygen atoms in total. The predicted octanol–water partition coefficient (Wildman–Crippen LogP) is 1.59. The van der Waals surface area contributed by atoms with Crippen molar-refractivity contribution in [2.45, 2.75) is 25.5 Å². The molecule has 1 fully saturated rings. The number of nitrogens with one attached hydrogen (secondary N) is 1. The van der Waals surface area contributed by atoms with Crippen LogP contribution in [0.3, 0.4) is 0 Å². The summed E-state index contributed by atoms with van der Waals surface area (Å²) in [6.07, 6.45) is 0. The van der Waals surface area contributed by atoms with Crippen LogP contribution in [0.1, 0.15) is 25.5 Å². The molecule has 21 heavy (non-hydrogen) atoms. The number of carbonyl (C=O) groups is 1. The quantitative estimate of drug-likeness (QED) is 0.865. The fourth-order valence-electron chi connectivity index (χ4n) is 2.35. The molecule has 1 amide bonds. The molecule has 1 N–H and O–H groups in total. The van der Waals surface area contributed by atoms with Crippen molar-refractivity contribution in [2.75, 3.05) is 33.9 Å². The SMILES string of the molecule is COc1ccccc1C(C)N(C)C(=O)COC1(C)CNC1. The van der Waals surface area contributed by atoms with E-state index in [0.29, 0.717) is 0 Å². The summed E-state index contributed by atoms with van der Waals surface area (Å²) in [5, 5.41) is 3.15. The summed E-state index contributed by atoms with van der Waals surface area (Å²) in [6.45, 7) is 5.70. The highest BCUT2D eigenvalue weighted by Gasteiger charge is 2.33. The Morgan fingerprint density at radius 2 is 2.10 bits per heavy atom. The molecule has 1 atom stereocenters. The Morgan fingerprint density at radius 3 is 2.67 bits per heavy atom. The molecule has 0 radical (unpaired) electrons. The number of rotatable bonds is 6. The molecule has 0 aliphatic carbocycles. The van der Waals surface area contributed by atoms with Gasteiger partial charge in [0.25, 0.3) is 0 Å². The number of ether oxygens (including phenoxy) is 2. The smallest absolute Gasteiger partial charge is 0.248 e. The van der Waals surface area contributed by atoms with E-state index in [1.54, 1.807) is 19.1 Å². The van der Waals surface area contributed by atoms with E-state index in [1.165, 1.54) is 0 Å². The van der Waals surface area contributed by atoms with Gasteiger partial charge >= 0.3 is 0 Å². The number of benzene rings is 1. The molecule has 0 aromatic heterocycles. The van der Waals surface area contributed by atoms with E-state index >= 15 is 0 Å². The van der Waals surface area contributed by atoms with Crippen molar-refractivity contribution < 1.29 is 14.3 Å². The number of carbonyl (C=O) groups excluding carboxylic acids is 1. The van der Waals surface area contributed by atoms with E-state index < -0.39 is 0 Å². The molecule has 0 saturated carbocycles. The zero-order chi connectivity index (χ0) is 15.5. The van der Waals surface area contributed by atoms with Gasteiger partial charge < -0.3 is 19.7 Å². The molecule has 0 spiro atoms. The van der Waals surface area contributed by atoms with E-state index in [-0.39, 0.29) is 24.2 Å². The highest BCUT2D eigenvalue weighted by molar-refractivity contribution is 5.77. The fourth-order valence-corrected chi connectivity index (χ4v) is 2.35. The predicted molar refractivity (Wildman–Crippen MR) is 81.4 cm³/mol. The Kier molecular flexibility index (Phi) is 4.85. The van der Waals surface area contributed by atoms with Crippen LogP contribution in [0.4, 0.5) is 0 Å². The summed E-state index contributed by atoms with van der Waals surface area (Å²) < 4.78 is 11.1. The van der Waals surface area contributed by atoms with Gasteiger partial charge in [0.05, 0.1) is 18.8 Å². The molecule has 1 aliphatic rings. The van der Waals surface area contributed by atoms with Crippen molar-refractivity contribution in [1.29, 1.82) is 0 Å². The lowest BCUT2D eigenvalue weighted by atomic mass is 10.0. The third-order valence-corrected chi connectivity index (χ3v) is 4.11. The summed E-state index contributed by atoms with van der Waals surface area (Å²) in [7, 11) is 3.44. The van der Waals surface area contributed by atoms with E-state index in [4.69, 9.17) is 9.47 Å². The van der Waals surface area contributed by atoms with Gasteiger partial charge in [-0.05, 0) is 19.9 Å². The lowest BCUT2D eigenvalue weighted by Gasteiger charge is -2.39. The normalized spacial score (nSPS) is 17.7. The zero-order valence-corrected chi connectivity index (χ0v) is 13.2. The Morgan fingerprint density at radius 1 is 1.43 bits per heavy atom. The number of methoxy groups -OCH3 is 1. The van der Waals surface area contributed by atoms with Gasteiger partial charge in [0.1, 0.15) is 12.4 Å². The number of amides is 1. The second kappa shape index (κ2) is 6.45. The summed E-state index contributed by atoms with van der Waals surface area (Å²) in [5.74, 6) is 0.766. The van der Waals surface area contributed by atoms with Crippen LogP contribution >= 0.6 is 0 Å². The van der Waals surface area contributed by atoms with Crippen LogP contribution < -0.4 is 10.1 Å². The van der Waals surface area contributed by atoms with Gasteiger partial charge in [-0.15, -0.1) is 0 Å². The van der Waals surface area contributed by atoms with Crippen LogP contribution in [0.15, 0.2) is 24.3 Å². The first-order chi connectivity index (χ1) is 9.97. The zero-order valence-electron chi connectivity index (χ0n) is 13.2. The van der Waals surface area contributed by atoms with Crippen molar-refractivity contribution in [3.05, 3.63) is 29.8 Å². The largest absolute Gasteiger partial charge is 0.496 e. The van der Waals surface area contributed by atoms with E-state index in [2.05, 4.69) is 5.32 Å². The molecule has 116 valence electrons. The molecule has 0 bridgehead atoms. The number of nitrogens with zero attached hydrogens (tertiary/aromatic N) is 1. The average molecular weight is 292 g/mol. The van der Waals surface area contributed by atoms with Crippen LogP contribution in [0.5, 0.6) is 5.75 Å². The summed E-state index contributed by atoms with van der Waals surface area (Å²) >= 11 is 0. The molecule has 1 heterocycles. The Balaban J connectivity index is 1.97. The molecule has 1 unspecified atom stereocenters. The van der Waals surface area contributed by atoms with Crippen molar-refractivity contribution in [1.82, 2.24) is 10.2 Å². The maximum Gasteiger partial charge on any atom is 0.248 e. The first-order valence-electron chi connectivity index (χ1n) is 7.20. The van der Waals surface area contributed by atoms with Gasteiger partial charge in [-0.2, -0.15) is 0 Å². The molecule has 1 saturated heterocycles. The van der Waals surface area contributed by atoms with Crippen molar-refractivity contribution in [3.63, 3.8) is 0 Å². The topological polar surface area (TPSA) is 50.8 Å². The van der Waals surface area contributed by atoms with Crippen molar-refractivity contribution >= 4 is 5.91 Å². The molecule has 5 heteroatoms. The first-order valence-corrected chi connectivity index (χ1v) is 7.20. The van der Waals surface area contributed by atoms with Gasteiger partial charge in [0.2, 0.25) is 5.91 Å². The lowest BCUT2D eigenvalue weighted by molar-refractivity contribution is -0.146. The van der Waals surface area contributed by atoms with Crippen LogP contribution in [0.2, 0.25) is 0 Å². The van der Waals surface area contributed by atoms with Crippen molar-refractivity contribution in [3.8, 4) is 5.75 Å². The Hall–Kier alpha value is -1.59. The molecular formula is C16H24N2O3. The van der Waals surface area contributed by atoms with Gasteiger partial charge in [-0.3, -0.25) is 4.79 Å². The van der Waals surface area contributed by atoms with E-state index in [0.717, 1.165) is 24.4 Å². The van der Waals surface area contributed by atoms with Crippen LogP contribution in [-0.4, -0.2) is 50.3 Å². The number of hydrogen-bond acceptors (Lipinski definition) is 4. The summed E-state index contributed by atoms with van der Waals surface area (Å²) in [6, 6.07) is 7.69. The first kappa shape index (κ1) is 15.8. The van der Waals surface area contributed by atoms with Gasteiger partial charge in [-0.25, -0.2) is 0 Å². The highest BCUT2D eigenvalue weighted by atomic mass is 16.5. The van der Waals surface area contributed by atoms with E-state index in [9.17, 15) is 4.79 Å². The monoisotopic (exact) mass is 292 g/mol. The third-order valence-electron chi connectivity index (χ3n) is 4.11. The fraction of sp³-hybridized carbons (Fsp3) is 0.562. The molecule has 1 aromatic carbocycles. The van der Waals surface area contributed by atoms with Crippen LogP contribution in [0, 0.1) is 0 Å². The minimum absolute atomic E-state index is 0.0264. The van der Waals surface area contributed by atoms with Crippen LogP contribution in [0.25, 0.3) is 0 Å². The summed E-state index contributed by atoms with van der Waals surface area (Å²) in [5.41, 5.74) is 0.789. The average Bonchev–Trinajstić information content (AvgIpc) is 2.49. The maximum absolute atomic E-state index is 12.3. The summed E-state index contributed by atoms with van der Waals surface area (Å²) in [4.78, 5) is 14.0. The highest BCUT2D eigenvalue weighted by Crippen LogP contribution is 2.28. The van der Waals surface area contributed by atoms with E-state index in [1.807, 2.05) is 38.1 Å². The Bertz CT molecular complexity index is 500. The maximum atomic E-state index is 12.3. The third kappa shape index (κ3) is 3.54. The second-order valence-electron chi connectivity index (χ2n) is 5.76. The molecule has 1 aromatic rings. The van der Waals surface area contributed by atoms with Gasteiger partial charge in [0.15, 0.2) is 0 Å². The molecular weight excluding hydrogens is 268 g/mol. The molecule has 2 rings (SSSR count). The van der Waals surface area contributed by atoms with Gasteiger partial charge in [0, 0.05) is 25.7 Å². The Labute approximate surface area is 126 Å². The van der Waals surface area contributed by atoms with Crippen LogP contribution in [-0.2, 0) is 9.53 Å². The molecule has 1 aliphatic heterocycles. The second-order valence-corrected chi connectivity index (χ2v) is 5.76. The lowest BCUT2D eigenvalue weighted by Crippen LogP contribution is -2.59. The minimum atomic E-state index is -0.204. The van der Waals surface area contributed by atoms with Crippen molar-refractivity contribution in [2.24, 2.45) is 0 Å². The number of para-hydroxylation sites is 1. The number of hydrogen-bond donors (Lipinski definition) is 1.